The van der Waals surface area contributed by atoms with Gasteiger partial charge in [0.15, 0.2) is 0 Å². The van der Waals surface area contributed by atoms with Crippen LogP contribution in [0.25, 0.3) is 5.00 Å². The molecule has 3 aromatic rings. The lowest BCUT2D eigenvalue weighted by molar-refractivity contribution is 0.161. The molecule has 0 saturated carbocycles. The number of aromatic nitrogens is 1. The fourth-order valence-electron chi connectivity index (χ4n) is 5.06. The van der Waals surface area contributed by atoms with Gasteiger partial charge in [0.25, 0.3) is 0 Å². The Morgan fingerprint density at radius 3 is 2.74 bits per heavy atom. The minimum absolute atomic E-state index is 0.0106. The second-order valence-corrected chi connectivity index (χ2v) is 9.83. The molecule has 0 radical (unpaired) electrons. The van der Waals surface area contributed by atoms with Crippen molar-refractivity contribution in [1.82, 2.24) is 9.47 Å². The Bertz CT molecular complexity index is 1110. The summed E-state index contributed by atoms with van der Waals surface area (Å²) in [6.45, 7) is 5.02. The lowest BCUT2D eigenvalue weighted by atomic mass is 9.94. The van der Waals surface area contributed by atoms with Gasteiger partial charge in [-0.1, -0.05) is 26.0 Å². The maximum absolute atomic E-state index is 13.7. The summed E-state index contributed by atoms with van der Waals surface area (Å²) in [7, 11) is 1.63. The molecule has 0 fully saturated rings. The Hall–Kier alpha value is -2.73. The number of aryl methyl sites for hydroxylation is 1. The van der Waals surface area contributed by atoms with Crippen LogP contribution in [0, 0.1) is 5.92 Å². The molecule has 1 atom stereocenters. The van der Waals surface area contributed by atoms with Crippen LogP contribution in [0.15, 0.2) is 42.6 Å². The zero-order valence-electron chi connectivity index (χ0n) is 18.4. The van der Waals surface area contributed by atoms with E-state index in [0.29, 0.717) is 18.0 Å². The van der Waals surface area contributed by atoms with Gasteiger partial charge in [0.1, 0.15) is 10.8 Å². The molecule has 0 unspecified atom stereocenters. The van der Waals surface area contributed by atoms with E-state index in [1.807, 2.05) is 40.5 Å². The molecule has 5 rings (SSSR count). The smallest absolute Gasteiger partial charge is 0.322 e. The van der Waals surface area contributed by atoms with Crippen molar-refractivity contribution in [3.05, 3.63) is 64.3 Å². The van der Waals surface area contributed by atoms with Crippen LogP contribution in [0.4, 0.5) is 10.5 Å². The number of nitrogens with one attached hydrogen (secondary N) is 1. The molecule has 6 heteroatoms. The first kappa shape index (κ1) is 20.2. The van der Waals surface area contributed by atoms with E-state index >= 15 is 0 Å². The monoisotopic (exact) mass is 435 g/mol. The van der Waals surface area contributed by atoms with Gasteiger partial charge in [-0.05, 0) is 61.4 Å². The molecule has 1 aromatic carbocycles. The first-order valence-corrected chi connectivity index (χ1v) is 11.9. The lowest BCUT2D eigenvalue weighted by Gasteiger charge is -2.33. The van der Waals surface area contributed by atoms with E-state index < -0.39 is 0 Å². The van der Waals surface area contributed by atoms with E-state index in [-0.39, 0.29) is 18.0 Å². The summed E-state index contributed by atoms with van der Waals surface area (Å²) in [5.74, 6) is 0.950. The number of methoxy groups -OCH3 is 1. The van der Waals surface area contributed by atoms with Gasteiger partial charge < -0.3 is 19.5 Å². The van der Waals surface area contributed by atoms with Gasteiger partial charge >= 0.3 is 6.03 Å². The number of urea groups is 1. The van der Waals surface area contributed by atoms with E-state index in [4.69, 9.17) is 4.74 Å². The minimum Gasteiger partial charge on any atom is -0.495 e. The van der Waals surface area contributed by atoms with Crippen LogP contribution in [0.3, 0.4) is 0 Å². The van der Waals surface area contributed by atoms with E-state index in [0.717, 1.165) is 12.8 Å². The summed E-state index contributed by atoms with van der Waals surface area (Å²) >= 11 is 1.92. The molecule has 5 nitrogen and oxygen atoms in total. The average molecular weight is 436 g/mol. The number of thiophene rings is 1. The third-order valence-electron chi connectivity index (χ3n) is 6.47. The Kier molecular flexibility index (Phi) is 5.26. The largest absolute Gasteiger partial charge is 0.495 e. The van der Waals surface area contributed by atoms with Crippen molar-refractivity contribution in [3.8, 4) is 10.8 Å². The SMILES string of the molecule is COc1ccccc1NC(=O)N1Cc2c(sc3c2CCCC3)-n2cccc2[C@@H]1C(C)C. The number of para-hydroxylation sites is 2. The van der Waals surface area contributed by atoms with Gasteiger partial charge in [-0.3, -0.25) is 0 Å². The molecule has 1 N–H and O–H groups in total. The van der Waals surface area contributed by atoms with Crippen LogP contribution < -0.4 is 10.1 Å². The predicted octanol–water partition coefficient (Wildman–Crippen LogP) is 6.17. The maximum atomic E-state index is 13.7. The highest BCUT2D eigenvalue weighted by molar-refractivity contribution is 7.15. The Morgan fingerprint density at radius 2 is 1.94 bits per heavy atom. The summed E-state index contributed by atoms with van der Waals surface area (Å²) < 4.78 is 7.79. The topological polar surface area (TPSA) is 46.5 Å². The van der Waals surface area contributed by atoms with Crippen LogP contribution in [0.1, 0.15) is 54.4 Å². The first-order valence-electron chi connectivity index (χ1n) is 11.1. The number of rotatable bonds is 3. The second-order valence-electron chi connectivity index (χ2n) is 8.74. The molecule has 31 heavy (non-hydrogen) atoms. The van der Waals surface area contributed by atoms with Crippen LogP contribution in [0.2, 0.25) is 0 Å². The molecule has 0 spiro atoms. The molecule has 162 valence electrons. The standard InChI is InChI=1S/C25H29N3O2S/c1-16(2)23-20-11-8-14-27(20)24-18(17-9-4-7-13-22(17)31-24)15-28(23)25(29)26-19-10-5-6-12-21(19)30-3/h5-6,8,10-12,14,16,23H,4,7,9,13,15H2,1-3H3,(H,26,29)/t23-/m0/s1. The van der Waals surface area contributed by atoms with Crippen molar-refractivity contribution in [2.24, 2.45) is 5.92 Å². The summed E-state index contributed by atoms with van der Waals surface area (Å²) in [5, 5.41) is 4.42. The Balaban J connectivity index is 1.59. The van der Waals surface area contributed by atoms with Gasteiger partial charge in [0, 0.05) is 22.3 Å². The van der Waals surface area contributed by atoms with Crippen molar-refractivity contribution in [2.75, 3.05) is 12.4 Å². The number of hydrogen-bond acceptors (Lipinski definition) is 3. The molecular formula is C25H29N3O2S. The van der Waals surface area contributed by atoms with E-state index in [9.17, 15) is 4.79 Å². The van der Waals surface area contributed by atoms with Crippen molar-refractivity contribution in [3.63, 3.8) is 0 Å². The molecule has 3 heterocycles. The summed E-state index contributed by atoms with van der Waals surface area (Å²) in [4.78, 5) is 17.2. The number of carbonyl (C=O) groups is 1. The number of amides is 2. The third kappa shape index (κ3) is 3.43. The van der Waals surface area contributed by atoms with Gasteiger partial charge in [0.05, 0.1) is 25.4 Å². The highest BCUT2D eigenvalue weighted by atomic mass is 32.1. The van der Waals surface area contributed by atoms with Crippen LogP contribution >= 0.6 is 11.3 Å². The molecular weight excluding hydrogens is 406 g/mol. The third-order valence-corrected chi connectivity index (χ3v) is 7.80. The molecule has 0 bridgehead atoms. The number of nitrogens with zero attached hydrogens (tertiary/aromatic N) is 2. The van der Waals surface area contributed by atoms with Crippen molar-refractivity contribution < 1.29 is 9.53 Å². The number of carbonyl (C=O) groups excluding carboxylic acids is 1. The first-order chi connectivity index (χ1) is 15.1. The van der Waals surface area contributed by atoms with Crippen molar-refractivity contribution in [2.45, 2.75) is 52.1 Å². The van der Waals surface area contributed by atoms with Gasteiger partial charge in [-0.2, -0.15) is 0 Å². The molecule has 2 aliphatic rings. The highest BCUT2D eigenvalue weighted by Gasteiger charge is 2.36. The van der Waals surface area contributed by atoms with Crippen LogP contribution in [-0.4, -0.2) is 22.6 Å². The van der Waals surface area contributed by atoms with Crippen LogP contribution in [-0.2, 0) is 19.4 Å². The Labute approximate surface area is 187 Å². The van der Waals surface area contributed by atoms with E-state index in [1.165, 1.54) is 39.5 Å². The maximum Gasteiger partial charge on any atom is 0.322 e. The fraction of sp³-hybridized carbons (Fsp3) is 0.400. The quantitative estimate of drug-likeness (QED) is 0.535. The number of ether oxygens (including phenoxy) is 1. The zero-order valence-corrected chi connectivity index (χ0v) is 19.2. The summed E-state index contributed by atoms with van der Waals surface area (Å²) in [5.41, 5.74) is 4.69. The van der Waals surface area contributed by atoms with Crippen molar-refractivity contribution >= 4 is 23.1 Å². The lowest BCUT2D eigenvalue weighted by Crippen LogP contribution is -2.39. The van der Waals surface area contributed by atoms with Crippen LogP contribution in [0.5, 0.6) is 5.75 Å². The molecule has 2 aromatic heterocycles. The average Bonchev–Trinajstić information content (AvgIpc) is 3.35. The molecule has 1 aliphatic carbocycles. The van der Waals surface area contributed by atoms with Gasteiger partial charge in [0.2, 0.25) is 0 Å². The van der Waals surface area contributed by atoms with E-state index in [2.05, 4.69) is 42.1 Å². The van der Waals surface area contributed by atoms with Crippen molar-refractivity contribution in [1.29, 1.82) is 0 Å². The molecule has 0 saturated heterocycles. The highest BCUT2D eigenvalue weighted by Crippen LogP contribution is 2.44. The van der Waals surface area contributed by atoms with E-state index in [1.54, 1.807) is 7.11 Å². The minimum atomic E-state index is -0.0837. The summed E-state index contributed by atoms with van der Waals surface area (Å²) in [6.07, 6.45) is 6.93. The second kappa shape index (κ2) is 8.08. The van der Waals surface area contributed by atoms with Gasteiger partial charge in [-0.25, -0.2) is 4.79 Å². The number of anilines is 1. The summed E-state index contributed by atoms with van der Waals surface area (Å²) in [6, 6.07) is 11.8. The predicted molar refractivity (Wildman–Crippen MR) is 125 cm³/mol. The molecule has 2 amide bonds. The fourth-order valence-corrected chi connectivity index (χ4v) is 6.46. The number of hydrogen-bond donors (Lipinski definition) is 1. The zero-order chi connectivity index (χ0) is 21.5. The van der Waals surface area contributed by atoms with Gasteiger partial charge in [-0.15, -0.1) is 11.3 Å². The number of fused-ring (bicyclic) bond motifs is 5. The normalized spacial score (nSPS) is 17.5. The molecule has 1 aliphatic heterocycles. The number of benzene rings is 1. The Morgan fingerprint density at radius 1 is 1.13 bits per heavy atom.